The number of imidazole rings is 1. The summed E-state index contributed by atoms with van der Waals surface area (Å²) in [6.07, 6.45) is 1.72. The van der Waals surface area contributed by atoms with Crippen LogP contribution in [0.5, 0.6) is 0 Å². The summed E-state index contributed by atoms with van der Waals surface area (Å²) in [7, 11) is -3.58. The standard InChI is InChI=1S/C22H22N4O2S/c1-16-9-11-18(12-10-16)21-25-19-7-5-13-23-22(19)26(21)15-14-24-29(27,28)20-8-4-3-6-17(20)2/h3-13,24H,14-15H2,1-2H3. The average molecular weight is 407 g/mol. The smallest absolute Gasteiger partial charge is 0.240 e. The molecule has 0 amide bonds. The normalized spacial score (nSPS) is 11.8. The van der Waals surface area contributed by atoms with Gasteiger partial charge in [-0.2, -0.15) is 0 Å². The zero-order chi connectivity index (χ0) is 20.4. The summed E-state index contributed by atoms with van der Waals surface area (Å²) < 4.78 is 30.0. The van der Waals surface area contributed by atoms with Crippen molar-refractivity contribution in [2.24, 2.45) is 0 Å². The van der Waals surface area contributed by atoms with E-state index in [1.165, 1.54) is 5.56 Å². The maximum Gasteiger partial charge on any atom is 0.240 e. The van der Waals surface area contributed by atoms with Crippen LogP contribution in [0.15, 0.2) is 71.8 Å². The van der Waals surface area contributed by atoms with E-state index >= 15 is 0 Å². The summed E-state index contributed by atoms with van der Waals surface area (Å²) in [5, 5.41) is 0. The van der Waals surface area contributed by atoms with Crippen LogP contribution in [0.2, 0.25) is 0 Å². The third-order valence-corrected chi connectivity index (χ3v) is 6.45. The van der Waals surface area contributed by atoms with Crippen molar-refractivity contribution in [1.82, 2.24) is 19.3 Å². The van der Waals surface area contributed by atoms with Gasteiger partial charge in [0.2, 0.25) is 10.0 Å². The van der Waals surface area contributed by atoms with Crippen LogP contribution in [0.3, 0.4) is 0 Å². The van der Waals surface area contributed by atoms with Gasteiger partial charge in [-0.1, -0.05) is 48.0 Å². The molecule has 6 nitrogen and oxygen atoms in total. The first-order valence-electron chi connectivity index (χ1n) is 9.39. The van der Waals surface area contributed by atoms with Gasteiger partial charge in [0.05, 0.1) is 4.90 Å². The van der Waals surface area contributed by atoms with Crippen molar-refractivity contribution in [3.63, 3.8) is 0 Å². The minimum Gasteiger partial charge on any atom is -0.307 e. The molecule has 29 heavy (non-hydrogen) atoms. The van der Waals surface area contributed by atoms with Crippen molar-refractivity contribution in [3.8, 4) is 11.4 Å². The lowest BCUT2D eigenvalue weighted by atomic mass is 10.1. The number of benzene rings is 2. The second-order valence-corrected chi connectivity index (χ2v) is 8.70. The molecule has 4 aromatic rings. The van der Waals surface area contributed by atoms with Crippen molar-refractivity contribution in [2.45, 2.75) is 25.3 Å². The highest BCUT2D eigenvalue weighted by Gasteiger charge is 2.17. The van der Waals surface area contributed by atoms with Gasteiger partial charge in [-0.25, -0.2) is 23.1 Å². The number of fused-ring (bicyclic) bond motifs is 1. The highest BCUT2D eigenvalue weighted by Crippen LogP contribution is 2.24. The van der Waals surface area contributed by atoms with Crippen LogP contribution >= 0.6 is 0 Å². The number of aromatic nitrogens is 3. The lowest BCUT2D eigenvalue weighted by Gasteiger charge is -2.12. The predicted octanol–water partition coefficient (Wildman–Crippen LogP) is 3.69. The molecule has 0 unspecified atom stereocenters. The molecular formula is C22H22N4O2S. The molecule has 1 N–H and O–H groups in total. The van der Waals surface area contributed by atoms with Crippen LogP contribution in [-0.4, -0.2) is 29.5 Å². The Morgan fingerprint density at radius 3 is 2.48 bits per heavy atom. The number of aryl methyl sites for hydroxylation is 2. The molecule has 0 saturated carbocycles. The average Bonchev–Trinajstić information content (AvgIpc) is 3.07. The SMILES string of the molecule is Cc1ccc(-c2nc3cccnc3n2CCNS(=O)(=O)c2ccccc2C)cc1. The van der Waals surface area contributed by atoms with E-state index in [0.29, 0.717) is 11.4 Å². The Labute approximate surface area is 170 Å². The predicted molar refractivity (Wildman–Crippen MR) is 114 cm³/mol. The van der Waals surface area contributed by atoms with E-state index in [1.807, 2.05) is 54.0 Å². The fraction of sp³-hybridized carbons (Fsp3) is 0.182. The fourth-order valence-electron chi connectivity index (χ4n) is 3.32. The lowest BCUT2D eigenvalue weighted by Crippen LogP contribution is -2.28. The van der Waals surface area contributed by atoms with Crippen LogP contribution < -0.4 is 4.72 Å². The zero-order valence-electron chi connectivity index (χ0n) is 16.3. The first-order valence-corrected chi connectivity index (χ1v) is 10.9. The monoisotopic (exact) mass is 406 g/mol. The van der Waals surface area contributed by atoms with Crippen LogP contribution in [0.4, 0.5) is 0 Å². The fourth-order valence-corrected chi connectivity index (χ4v) is 4.59. The van der Waals surface area contributed by atoms with Gasteiger partial charge in [0.1, 0.15) is 11.3 Å². The maximum absolute atomic E-state index is 12.7. The van der Waals surface area contributed by atoms with E-state index in [-0.39, 0.29) is 6.54 Å². The van der Waals surface area contributed by atoms with E-state index in [4.69, 9.17) is 4.98 Å². The topological polar surface area (TPSA) is 76.9 Å². The molecule has 0 radical (unpaired) electrons. The van der Waals surface area contributed by atoms with Gasteiger partial charge in [0.15, 0.2) is 5.65 Å². The van der Waals surface area contributed by atoms with Crippen molar-refractivity contribution in [3.05, 3.63) is 78.0 Å². The number of sulfonamides is 1. The van der Waals surface area contributed by atoms with E-state index in [9.17, 15) is 8.42 Å². The largest absolute Gasteiger partial charge is 0.307 e. The molecule has 0 saturated heterocycles. The Kier molecular flexibility index (Phi) is 5.17. The number of rotatable bonds is 6. The van der Waals surface area contributed by atoms with E-state index in [1.54, 1.807) is 31.3 Å². The molecule has 0 atom stereocenters. The Morgan fingerprint density at radius 1 is 0.966 bits per heavy atom. The summed E-state index contributed by atoms with van der Waals surface area (Å²) in [6.45, 7) is 4.48. The van der Waals surface area contributed by atoms with Crippen molar-refractivity contribution >= 4 is 21.2 Å². The quantitative estimate of drug-likeness (QED) is 0.530. The number of nitrogens with one attached hydrogen (secondary N) is 1. The number of hydrogen-bond acceptors (Lipinski definition) is 4. The molecule has 2 aromatic heterocycles. The molecule has 0 aliphatic rings. The van der Waals surface area contributed by atoms with Crippen molar-refractivity contribution in [2.75, 3.05) is 6.54 Å². The first-order chi connectivity index (χ1) is 14.0. The molecule has 0 aliphatic heterocycles. The molecule has 2 heterocycles. The van der Waals surface area contributed by atoms with Gasteiger partial charge in [-0.3, -0.25) is 0 Å². The maximum atomic E-state index is 12.7. The first kappa shape index (κ1) is 19.3. The highest BCUT2D eigenvalue weighted by molar-refractivity contribution is 7.89. The Bertz CT molecular complexity index is 1260. The second kappa shape index (κ2) is 7.77. The number of hydrogen-bond donors (Lipinski definition) is 1. The van der Waals surface area contributed by atoms with Gasteiger partial charge >= 0.3 is 0 Å². The Balaban J connectivity index is 1.63. The van der Waals surface area contributed by atoms with Crippen molar-refractivity contribution < 1.29 is 8.42 Å². The molecule has 0 aliphatic carbocycles. The number of pyridine rings is 1. The Hall–Kier alpha value is -3.03. The van der Waals surface area contributed by atoms with Crippen LogP contribution in [0, 0.1) is 13.8 Å². The third-order valence-electron chi connectivity index (χ3n) is 4.82. The van der Waals surface area contributed by atoms with Crippen molar-refractivity contribution in [1.29, 1.82) is 0 Å². The second-order valence-electron chi connectivity index (χ2n) is 6.96. The van der Waals surface area contributed by atoms with E-state index in [0.717, 1.165) is 28.1 Å². The molecule has 0 bridgehead atoms. The molecule has 0 spiro atoms. The van der Waals surface area contributed by atoms with Gasteiger partial charge in [-0.05, 0) is 37.6 Å². The van der Waals surface area contributed by atoms with Gasteiger partial charge < -0.3 is 4.57 Å². The number of nitrogens with zero attached hydrogens (tertiary/aromatic N) is 3. The molecule has 7 heteroatoms. The van der Waals surface area contributed by atoms with Crippen LogP contribution in [0.25, 0.3) is 22.6 Å². The van der Waals surface area contributed by atoms with Crippen LogP contribution in [0.1, 0.15) is 11.1 Å². The molecule has 0 fully saturated rings. The van der Waals surface area contributed by atoms with Gasteiger partial charge in [0, 0.05) is 24.8 Å². The van der Waals surface area contributed by atoms with E-state index in [2.05, 4.69) is 9.71 Å². The molecule has 148 valence electrons. The minimum atomic E-state index is -3.58. The molecule has 4 rings (SSSR count). The minimum absolute atomic E-state index is 0.234. The van der Waals surface area contributed by atoms with Gasteiger partial charge in [-0.15, -0.1) is 0 Å². The summed E-state index contributed by atoms with van der Waals surface area (Å²) in [5.74, 6) is 0.772. The summed E-state index contributed by atoms with van der Waals surface area (Å²) >= 11 is 0. The zero-order valence-corrected chi connectivity index (χ0v) is 17.1. The van der Waals surface area contributed by atoms with Gasteiger partial charge in [0.25, 0.3) is 0 Å². The summed E-state index contributed by atoms with van der Waals surface area (Å²) in [6, 6.07) is 18.8. The third kappa shape index (κ3) is 3.92. The van der Waals surface area contributed by atoms with Crippen LogP contribution in [-0.2, 0) is 16.6 Å². The Morgan fingerprint density at radius 2 is 1.72 bits per heavy atom. The molecular weight excluding hydrogens is 384 g/mol. The lowest BCUT2D eigenvalue weighted by molar-refractivity contribution is 0.574. The highest BCUT2D eigenvalue weighted by atomic mass is 32.2. The molecule has 2 aromatic carbocycles. The summed E-state index contributed by atoms with van der Waals surface area (Å²) in [4.78, 5) is 9.48. The van der Waals surface area contributed by atoms with E-state index < -0.39 is 10.0 Å². The summed E-state index contributed by atoms with van der Waals surface area (Å²) in [5.41, 5.74) is 4.37.